The van der Waals surface area contributed by atoms with Crippen LogP contribution >= 0.6 is 0 Å². The lowest BCUT2D eigenvalue weighted by molar-refractivity contribution is -0.136. The standard InChI is InChI=1S/C29H26O8/c1-31-21-11-18-10-20-19(14-35-29(20)30)9-17-12-22-26(37-15-36-22)28(33-3)23(17)24(18)27(32-2)25(21)34-13-16-7-5-4-6-8-16/h4-8,11-12H,9-10,13-15H2,1-3H3. The Morgan fingerprint density at radius 1 is 0.811 bits per heavy atom. The van der Waals surface area contributed by atoms with Gasteiger partial charge in [-0.3, -0.25) is 0 Å². The number of cyclic esters (lactones) is 1. The average Bonchev–Trinajstić information content (AvgIpc) is 3.52. The molecule has 8 heteroatoms. The summed E-state index contributed by atoms with van der Waals surface area (Å²) in [6, 6.07) is 13.7. The van der Waals surface area contributed by atoms with Gasteiger partial charge in [-0.1, -0.05) is 30.3 Å². The molecular weight excluding hydrogens is 476 g/mol. The first-order chi connectivity index (χ1) is 18.1. The van der Waals surface area contributed by atoms with E-state index in [-0.39, 0.29) is 19.4 Å². The molecule has 3 aromatic rings. The van der Waals surface area contributed by atoms with Crippen molar-refractivity contribution in [1.29, 1.82) is 0 Å². The fourth-order valence-corrected chi connectivity index (χ4v) is 5.21. The van der Waals surface area contributed by atoms with E-state index in [1.54, 1.807) is 21.3 Å². The van der Waals surface area contributed by atoms with Crippen molar-refractivity contribution in [2.24, 2.45) is 0 Å². The molecule has 0 radical (unpaired) electrons. The molecular formula is C29H26O8. The lowest BCUT2D eigenvalue weighted by atomic mass is 9.83. The van der Waals surface area contributed by atoms with E-state index in [4.69, 9.17) is 33.2 Å². The number of fused-ring (bicyclic) bond motifs is 4. The van der Waals surface area contributed by atoms with Crippen LogP contribution in [0.15, 0.2) is 53.6 Å². The zero-order valence-corrected chi connectivity index (χ0v) is 20.8. The summed E-state index contributed by atoms with van der Waals surface area (Å²) >= 11 is 0. The number of carbonyl (C=O) groups is 1. The quantitative estimate of drug-likeness (QED) is 0.451. The highest BCUT2D eigenvalue weighted by atomic mass is 16.7. The van der Waals surface area contributed by atoms with E-state index in [2.05, 4.69) is 0 Å². The minimum atomic E-state index is -0.306. The van der Waals surface area contributed by atoms with Crippen LogP contribution in [-0.4, -0.2) is 40.7 Å². The van der Waals surface area contributed by atoms with Gasteiger partial charge in [0.1, 0.15) is 13.2 Å². The van der Waals surface area contributed by atoms with Crippen LogP contribution in [0.1, 0.15) is 16.7 Å². The van der Waals surface area contributed by atoms with E-state index in [9.17, 15) is 4.79 Å². The molecule has 190 valence electrons. The summed E-state index contributed by atoms with van der Waals surface area (Å²) in [5, 5.41) is 0. The summed E-state index contributed by atoms with van der Waals surface area (Å²) in [5.41, 5.74) is 5.86. The third-order valence-electron chi connectivity index (χ3n) is 6.91. The SMILES string of the molecule is COc1cc2c(c(OC)c1OCc1ccccc1)-c1c(cc3c(c1OC)OCO3)CC1=C(C2)C(=O)OC1. The fraction of sp³-hybridized carbons (Fsp3) is 0.276. The van der Waals surface area contributed by atoms with Gasteiger partial charge in [0.25, 0.3) is 0 Å². The number of benzene rings is 3. The van der Waals surface area contributed by atoms with Crippen LogP contribution in [0, 0.1) is 0 Å². The Morgan fingerprint density at radius 2 is 1.57 bits per heavy atom. The molecule has 0 N–H and O–H groups in total. The molecule has 0 atom stereocenters. The second-order valence-electron chi connectivity index (χ2n) is 8.94. The molecule has 0 spiro atoms. The Hall–Kier alpha value is -4.33. The molecule has 2 aliphatic heterocycles. The van der Waals surface area contributed by atoms with E-state index in [0.29, 0.717) is 59.5 Å². The topological polar surface area (TPSA) is 81.7 Å². The van der Waals surface area contributed by atoms with Crippen LogP contribution in [0.2, 0.25) is 0 Å². The van der Waals surface area contributed by atoms with Crippen LogP contribution < -0.4 is 28.4 Å². The molecule has 0 aromatic heterocycles. The van der Waals surface area contributed by atoms with Crippen LogP contribution in [-0.2, 0) is 29.0 Å². The molecule has 0 fully saturated rings. The molecule has 3 aliphatic rings. The van der Waals surface area contributed by atoms with Crippen molar-refractivity contribution < 1.29 is 38.0 Å². The van der Waals surface area contributed by atoms with Gasteiger partial charge in [-0.05, 0) is 40.8 Å². The van der Waals surface area contributed by atoms with Gasteiger partial charge in [-0.15, -0.1) is 0 Å². The highest BCUT2D eigenvalue weighted by molar-refractivity contribution is 5.95. The number of rotatable bonds is 6. The van der Waals surface area contributed by atoms with Crippen LogP contribution in [0.25, 0.3) is 11.1 Å². The molecule has 2 heterocycles. The van der Waals surface area contributed by atoms with Crippen molar-refractivity contribution in [3.05, 3.63) is 70.3 Å². The largest absolute Gasteiger partial charge is 0.493 e. The van der Waals surface area contributed by atoms with E-state index >= 15 is 0 Å². The van der Waals surface area contributed by atoms with Gasteiger partial charge in [0, 0.05) is 23.1 Å². The Bertz CT molecular complexity index is 1420. The van der Waals surface area contributed by atoms with Crippen LogP contribution in [0.4, 0.5) is 0 Å². The minimum Gasteiger partial charge on any atom is -0.493 e. The van der Waals surface area contributed by atoms with Gasteiger partial charge in [0.2, 0.25) is 18.3 Å². The summed E-state index contributed by atoms with van der Waals surface area (Å²) in [4.78, 5) is 12.7. The first-order valence-corrected chi connectivity index (χ1v) is 11.9. The predicted molar refractivity (Wildman–Crippen MR) is 134 cm³/mol. The average molecular weight is 503 g/mol. The number of hydrogen-bond donors (Lipinski definition) is 0. The maximum atomic E-state index is 12.7. The maximum absolute atomic E-state index is 12.7. The molecule has 0 amide bonds. The van der Waals surface area contributed by atoms with Crippen LogP contribution in [0.5, 0.6) is 34.5 Å². The van der Waals surface area contributed by atoms with Gasteiger partial charge in [0.15, 0.2) is 23.0 Å². The third kappa shape index (κ3) is 3.80. The lowest BCUT2D eigenvalue weighted by Gasteiger charge is -2.26. The normalized spacial score (nSPS) is 15.2. The molecule has 37 heavy (non-hydrogen) atoms. The highest BCUT2D eigenvalue weighted by Crippen LogP contribution is 2.56. The zero-order valence-electron chi connectivity index (χ0n) is 20.8. The van der Waals surface area contributed by atoms with Crippen molar-refractivity contribution in [3.8, 4) is 45.6 Å². The summed E-state index contributed by atoms with van der Waals surface area (Å²) < 4.78 is 40.9. The van der Waals surface area contributed by atoms with Crippen molar-refractivity contribution >= 4 is 5.97 Å². The first-order valence-electron chi connectivity index (χ1n) is 11.9. The summed E-state index contributed by atoms with van der Waals surface area (Å²) in [7, 11) is 4.78. The van der Waals surface area contributed by atoms with E-state index in [1.807, 2.05) is 42.5 Å². The molecule has 6 rings (SSSR count). The smallest absolute Gasteiger partial charge is 0.334 e. The van der Waals surface area contributed by atoms with Gasteiger partial charge < -0.3 is 33.2 Å². The molecule has 0 unspecified atom stereocenters. The van der Waals surface area contributed by atoms with E-state index in [0.717, 1.165) is 33.4 Å². The van der Waals surface area contributed by atoms with Crippen molar-refractivity contribution in [2.75, 3.05) is 34.7 Å². The number of methoxy groups -OCH3 is 3. The molecule has 0 bridgehead atoms. The fourth-order valence-electron chi connectivity index (χ4n) is 5.21. The Balaban J connectivity index is 1.62. The second kappa shape index (κ2) is 9.28. The number of carbonyl (C=O) groups excluding carboxylic acids is 1. The van der Waals surface area contributed by atoms with E-state index in [1.165, 1.54) is 0 Å². The molecule has 8 nitrogen and oxygen atoms in total. The summed E-state index contributed by atoms with van der Waals surface area (Å²) in [6.45, 7) is 0.674. The molecule has 0 saturated heterocycles. The Kier molecular flexibility index (Phi) is 5.79. The van der Waals surface area contributed by atoms with Gasteiger partial charge >= 0.3 is 5.97 Å². The minimum absolute atomic E-state index is 0.0994. The van der Waals surface area contributed by atoms with Crippen LogP contribution in [0.3, 0.4) is 0 Å². The monoisotopic (exact) mass is 502 g/mol. The lowest BCUT2D eigenvalue weighted by Crippen LogP contribution is -2.11. The number of esters is 1. The van der Waals surface area contributed by atoms with Gasteiger partial charge in [-0.2, -0.15) is 0 Å². The summed E-state index contributed by atoms with van der Waals surface area (Å²) in [5.74, 6) is 2.81. The maximum Gasteiger partial charge on any atom is 0.334 e. The molecule has 1 aliphatic carbocycles. The van der Waals surface area contributed by atoms with Crippen molar-refractivity contribution in [1.82, 2.24) is 0 Å². The predicted octanol–water partition coefficient (Wildman–Crippen LogP) is 4.64. The number of hydrogen-bond acceptors (Lipinski definition) is 8. The molecule has 3 aromatic carbocycles. The highest BCUT2D eigenvalue weighted by Gasteiger charge is 2.36. The zero-order chi connectivity index (χ0) is 25.5. The first kappa shape index (κ1) is 23.1. The third-order valence-corrected chi connectivity index (χ3v) is 6.91. The van der Waals surface area contributed by atoms with Gasteiger partial charge in [0.05, 0.1) is 21.3 Å². The van der Waals surface area contributed by atoms with Crippen molar-refractivity contribution in [3.63, 3.8) is 0 Å². The molecule has 0 saturated carbocycles. The number of ether oxygens (including phenoxy) is 7. The second-order valence-corrected chi connectivity index (χ2v) is 8.94. The van der Waals surface area contributed by atoms with Gasteiger partial charge in [-0.25, -0.2) is 4.79 Å². The Morgan fingerprint density at radius 3 is 2.32 bits per heavy atom. The Labute approximate surface area is 214 Å². The summed E-state index contributed by atoms with van der Waals surface area (Å²) in [6.07, 6.45) is 0.852. The van der Waals surface area contributed by atoms with E-state index < -0.39 is 0 Å². The van der Waals surface area contributed by atoms with Crippen molar-refractivity contribution in [2.45, 2.75) is 19.4 Å².